The summed E-state index contributed by atoms with van der Waals surface area (Å²) in [7, 11) is 1.71. The normalized spacial score (nSPS) is 21.0. The van der Waals surface area contributed by atoms with E-state index in [1.807, 2.05) is 23.1 Å². The minimum absolute atomic E-state index is 0.0247. The Balaban J connectivity index is 1.51. The Kier molecular flexibility index (Phi) is 5.03. The van der Waals surface area contributed by atoms with Gasteiger partial charge in [0.1, 0.15) is 11.9 Å². The van der Waals surface area contributed by atoms with Crippen LogP contribution in [0.3, 0.4) is 0 Å². The number of amides is 2. The van der Waals surface area contributed by atoms with Crippen molar-refractivity contribution in [3.05, 3.63) is 23.8 Å². The predicted octanol–water partition coefficient (Wildman–Crippen LogP) is 1.81. The maximum atomic E-state index is 12.4. The molecule has 2 heterocycles. The van der Waals surface area contributed by atoms with Crippen molar-refractivity contribution in [2.75, 3.05) is 51.8 Å². The highest BCUT2D eigenvalue weighted by atomic mass is 16.5. The van der Waals surface area contributed by atoms with Crippen LogP contribution in [0.5, 0.6) is 5.75 Å². The summed E-state index contributed by atoms with van der Waals surface area (Å²) < 4.78 is 10.8. The highest BCUT2D eigenvalue weighted by molar-refractivity contribution is 5.89. The molecule has 0 aliphatic carbocycles. The topological polar surface area (TPSA) is 54.0 Å². The second-order valence-electron chi connectivity index (χ2n) is 6.21. The molecule has 1 unspecified atom stereocenters. The van der Waals surface area contributed by atoms with Gasteiger partial charge in [-0.15, -0.1) is 0 Å². The van der Waals surface area contributed by atoms with Crippen LogP contribution >= 0.6 is 0 Å². The Hall–Kier alpha value is -1.79. The van der Waals surface area contributed by atoms with Crippen LogP contribution in [0.2, 0.25) is 0 Å². The Morgan fingerprint density at radius 3 is 2.87 bits per heavy atom. The third kappa shape index (κ3) is 3.95. The highest BCUT2D eigenvalue weighted by Crippen LogP contribution is 2.31. The number of carbonyl (C=O) groups is 1. The van der Waals surface area contributed by atoms with Gasteiger partial charge in [0.15, 0.2) is 0 Å². The molecule has 1 aromatic carbocycles. The molecule has 1 atom stereocenters. The molecule has 6 nitrogen and oxygen atoms in total. The van der Waals surface area contributed by atoms with Gasteiger partial charge in [-0.3, -0.25) is 4.90 Å². The molecule has 2 amide bonds. The number of piperazine rings is 1. The third-order valence-electron chi connectivity index (χ3n) is 4.42. The SMILES string of the molecule is COCCN1CCN(C(=O)Nc2ccc3c(c2)CC(C)O3)CC1. The van der Waals surface area contributed by atoms with Gasteiger partial charge in [-0.1, -0.05) is 0 Å². The number of hydrogen-bond acceptors (Lipinski definition) is 4. The monoisotopic (exact) mass is 319 g/mol. The molecule has 23 heavy (non-hydrogen) atoms. The van der Waals surface area contributed by atoms with Crippen molar-refractivity contribution < 1.29 is 14.3 Å². The van der Waals surface area contributed by atoms with Crippen molar-refractivity contribution in [2.24, 2.45) is 0 Å². The van der Waals surface area contributed by atoms with Gasteiger partial charge < -0.3 is 19.7 Å². The van der Waals surface area contributed by atoms with Crippen molar-refractivity contribution in [3.63, 3.8) is 0 Å². The molecule has 0 bridgehead atoms. The summed E-state index contributed by atoms with van der Waals surface area (Å²) in [5.41, 5.74) is 2.01. The number of ether oxygens (including phenoxy) is 2. The van der Waals surface area contributed by atoms with E-state index in [0.29, 0.717) is 0 Å². The molecule has 1 saturated heterocycles. The lowest BCUT2D eigenvalue weighted by atomic mass is 10.1. The maximum absolute atomic E-state index is 12.4. The van der Waals surface area contributed by atoms with Crippen molar-refractivity contribution in [2.45, 2.75) is 19.4 Å². The van der Waals surface area contributed by atoms with Crippen molar-refractivity contribution in [1.29, 1.82) is 0 Å². The van der Waals surface area contributed by atoms with Crippen LogP contribution in [0.1, 0.15) is 12.5 Å². The largest absolute Gasteiger partial charge is 0.490 e. The van der Waals surface area contributed by atoms with Crippen LogP contribution in [0.15, 0.2) is 18.2 Å². The van der Waals surface area contributed by atoms with Gasteiger partial charge >= 0.3 is 6.03 Å². The van der Waals surface area contributed by atoms with E-state index in [2.05, 4.69) is 17.1 Å². The lowest BCUT2D eigenvalue weighted by Gasteiger charge is -2.34. The van der Waals surface area contributed by atoms with Gasteiger partial charge in [0, 0.05) is 51.9 Å². The number of rotatable bonds is 4. The maximum Gasteiger partial charge on any atom is 0.321 e. The summed E-state index contributed by atoms with van der Waals surface area (Å²) in [5.74, 6) is 0.933. The Labute approximate surface area is 137 Å². The Bertz CT molecular complexity index is 556. The summed E-state index contributed by atoms with van der Waals surface area (Å²) in [4.78, 5) is 16.6. The van der Waals surface area contributed by atoms with E-state index >= 15 is 0 Å². The first-order chi connectivity index (χ1) is 11.2. The van der Waals surface area contributed by atoms with Crippen LogP contribution in [0.4, 0.5) is 10.5 Å². The number of nitrogens with one attached hydrogen (secondary N) is 1. The van der Waals surface area contributed by atoms with Crippen LogP contribution in [0.25, 0.3) is 0 Å². The van der Waals surface area contributed by atoms with Gasteiger partial charge in [0.2, 0.25) is 0 Å². The smallest absolute Gasteiger partial charge is 0.321 e. The number of anilines is 1. The van der Waals surface area contributed by atoms with E-state index in [0.717, 1.165) is 57.2 Å². The molecule has 0 spiro atoms. The van der Waals surface area contributed by atoms with Crippen molar-refractivity contribution in [3.8, 4) is 5.75 Å². The molecule has 1 fully saturated rings. The zero-order valence-electron chi connectivity index (χ0n) is 13.9. The number of carbonyl (C=O) groups excluding carboxylic acids is 1. The van der Waals surface area contributed by atoms with Gasteiger partial charge in [0.05, 0.1) is 6.61 Å². The summed E-state index contributed by atoms with van der Waals surface area (Å²) in [6, 6.07) is 5.84. The molecule has 0 radical (unpaired) electrons. The van der Waals surface area contributed by atoms with Gasteiger partial charge in [-0.05, 0) is 30.7 Å². The van der Waals surface area contributed by atoms with E-state index in [9.17, 15) is 4.79 Å². The first-order valence-electron chi connectivity index (χ1n) is 8.22. The van der Waals surface area contributed by atoms with Crippen molar-refractivity contribution in [1.82, 2.24) is 9.80 Å². The fourth-order valence-corrected chi connectivity index (χ4v) is 3.10. The van der Waals surface area contributed by atoms with E-state index in [1.54, 1.807) is 7.11 Å². The lowest BCUT2D eigenvalue weighted by Crippen LogP contribution is -2.50. The fourth-order valence-electron chi connectivity index (χ4n) is 3.10. The standard InChI is InChI=1S/C17H25N3O3/c1-13-11-14-12-15(3-4-16(14)23-13)18-17(21)20-7-5-19(6-8-20)9-10-22-2/h3-4,12-13H,5-11H2,1-2H3,(H,18,21). The van der Waals surface area contributed by atoms with E-state index in [4.69, 9.17) is 9.47 Å². The molecule has 3 rings (SSSR count). The molecular formula is C17H25N3O3. The minimum atomic E-state index is -0.0247. The molecular weight excluding hydrogens is 294 g/mol. The van der Waals surface area contributed by atoms with Gasteiger partial charge in [-0.2, -0.15) is 0 Å². The quantitative estimate of drug-likeness (QED) is 0.919. The number of nitrogens with zero attached hydrogens (tertiary/aromatic N) is 2. The highest BCUT2D eigenvalue weighted by Gasteiger charge is 2.22. The molecule has 2 aliphatic heterocycles. The average Bonchev–Trinajstić information content (AvgIpc) is 2.92. The van der Waals surface area contributed by atoms with Crippen LogP contribution in [-0.4, -0.2) is 68.4 Å². The molecule has 1 aromatic rings. The molecule has 2 aliphatic rings. The van der Waals surface area contributed by atoms with E-state index in [-0.39, 0.29) is 12.1 Å². The fraction of sp³-hybridized carbons (Fsp3) is 0.588. The molecule has 6 heteroatoms. The summed E-state index contributed by atoms with van der Waals surface area (Å²) in [6.45, 7) is 7.01. The predicted molar refractivity (Wildman–Crippen MR) is 89.1 cm³/mol. The number of benzene rings is 1. The molecule has 126 valence electrons. The number of urea groups is 1. The summed E-state index contributed by atoms with van der Waals surface area (Å²) in [5, 5.41) is 3.00. The van der Waals surface area contributed by atoms with E-state index in [1.165, 1.54) is 5.56 Å². The first-order valence-corrected chi connectivity index (χ1v) is 8.22. The minimum Gasteiger partial charge on any atom is -0.490 e. The molecule has 0 saturated carbocycles. The van der Waals surface area contributed by atoms with Gasteiger partial charge in [0.25, 0.3) is 0 Å². The van der Waals surface area contributed by atoms with Gasteiger partial charge in [-0.25, -0.2) is 4.79 Å². The third-order valence-corrected chi connectivity index (χ3v) is 4.42. The lowest BCUT2D eigenvalue weighted by molar-refractivity contribution is 0.109. The molecule has 0 aromatic heterocycles. The Morgan fingerprint density at radius 2 is 2.13 bits per heavy atom. The number of methoxy groups -OCH3 is 1. The zero-order chi connectivity index (χ0) is 16.2. The van der Waals surface area contributed by atoms with Crippen LogP contribution in [-0.2, 0) is 11.2 Å². The summed E-state index contributed by atoms with van der Waals surface area (Å²) in [6.07, 6.45) is 1.12. The van der Waals surface area contributed by atoms with Crippen molar-refractivity contribution >= 4 is 11.7 Å². The number of hydrogen-bond donors (Lipinski definition) is 1. The van der Waals surface area contributed by atoms with Crippen LogP contribution < -0.4 is 10.1 Å². The average molecular weight is 319 g/mol. The number of fused-ring (bicyclic) bond motifs is 1. The second kappa shape index (κ2) is 7.19. The first kappa shape index (κ1) is 16.1. The zero-order valence-corrected chi connectivity index (χ0v) is 13.9. The second-order valence-corrected chi connectivity index (χ2v) is 6.21. The van der Waals surface area contributed by atoms with Crippen LogP contribution in [0, 0.1) is 0 Å². The molecule has 1 N–H and O–H groups in total. The summed E-state index contributed by atoms with van der Waals surface area (Å²) >= 11 is 0. The van der Waals surface area contributed by atoms with E-state index < -0.39 is 0 Å². The Morgan fingerprint density at radius 1 is 1.35 bits per heavy atom.